The minimum Gasteiger partial charge on any atom is -0.343 e. The van der Waals surface area contributed by atoms with Gasteiger partial charge in [0.1, 0.15) is 17.5 Å². The highest BCUT2D eigenvalue weighted by Crippen LogP contribution is 2.38. The fourth-order valence-electron chi connectivity index (χ4n) is 4.52. The van der Waals surface area contributed by atoms with Gasteiger partial charge in [-0.3, -0.25) is 14.9 Å². The number of fused-ring (bicyclic) bond motifs is 1. The van der Waals surface area contributed by atoms with Gasteiger partial charge in [-0.25, -0.2) is 9.97 Å². The Morgan fingerprint density at radius 3 is 2.68 bits per heavy atom. The zero-order valence-electron chi connectivity index (χ0n) is 19.8. The van der Waals surface area contributed by atoms with Crippen LogP contribution in [0.15, 0.2) is 36.3 Å². The van der Waals surface area contributed by atoms with Gasteiger partial charge in [0.15, 0.2) is 0 Å². The lowest BCUT2D eigenvalue weighted by atomic mass is 9.93. The molecule has 2 aliphatic rings. The minimum atomic E-state index is -0.163. The molecule has 3 heterocycles. The number of allylic oxidation sites excluding steroid dienone is 1. The summed E-state index contributed by atoms with van der Waals surface area (Å²) < 4.78 is 0. The number of nitriles is 1. The maximum Gasteiger partial charge on any atom is 0.229 e. The van der Waals surface area contributed by atoms with Gasteiger partial charge in [0.2, 0.25) is 17.8 Å². The molecule has 9 heteroatoms. The molecule has 0 saturated carbocycles. The molecule has 1 aromatic heterocycles. The van der Waals surface area contributed by atoms with Crippen molar-refractivity contribution in [3.8, 4) is 6.07 Å². The number of para-hydroxylation sites is 2. The van der Waals surface area contributed by atoms with Gasteiger partial charge in [0.25, 0.3) is 0 Å². The topological polar surface area (TPSA) is 114 Å². The zero-order chi connectivity index (χ0) is 24.2. The fourth-order valence-corrected chi connectivity index (χ4v) is 4.52. The third kappa shape index (κ3) is 4.71. The Morgan fingerprint density at radius 1 is 1.26 bits per heavy atom. The van der Waals surface area contributed by atoms with Crippen LogP contribution in [0, 0.1) is 24.2 Å². The number of rotatable bonds is 5. The van der Waals surface area contributed by atoms with E-state index in [0.717, 1.165) is 29.8 Å². The molecule has 0 aliphatic carbocycles. The molecule has 2 aromatic rings. The lowest BCUT2D eigenvalue weighted by Crippen LogP contribution is -2.37. The summed E-state index contributed by atoms with van der Waals surface area (Å²) in [6.07, 6.45) is 3.58. The van der Waals surface area contributed by atoms with Crippen LogP contribution in [0.4, 0.5) is 17.3 Å². The first kappa shape index (κ1) is 23.2. The molecule has 2 N–H and O–H groups in total. The first-order chi connectivity index (χ1) is 16.4. The normalized spacial score (nSPS) is 17.0. The maximum absolute atomic E-state index is 12.7. The van der Waals surface area contributed by atoms with Gasteiger partial charge in [-0.05, 0) is 50.3 Å². The SMILES string of the molecule is CCN1C(=C(C#N)c2nc(NC(=O)CC3CCN(C(C)=O)CC3)ncc2C)Nc2ccccc21. The van der Waals surface area contributed by atoms with E-state index < -0.39 is 0 Å². The average Bonchev–Trinajstić information content (AvgIpc) is 3.20. The number of likely N-dealkylation sites (tertiary alicyclic amines) is 1. The molecule has 1 saturated heterocycles. The summed E-state index contributed by atoms with van der Waals surface area (Å²) in [4.78, 5) is 36.8. The number of piperidine rings is 1. The van der Waals surface area contributed by atoms with Gasteiger partial charge in [-0.2, -0.15) is 5.26 Å². The van der Waals surface area contributed by atoms with E-state index in [2.05, 4.69) is 26.7 Å². The number of carbonyl (C=O) groups is 2. The molecule has 0 atom stereocenters. The third-order valence-corrected chi connectivity index (χ3v) is 6.38. The van der Waals surface area contributed by atoms with Crippen molar-refractivity contribution < 1.29 is 9.59 Å². The van der Waals surface area contributed by atoms with Crippen LogP contribution in [0.25, 0.3) is 5.57 Å². The standard InChI is InChI=1S/C25H29N7O2/c1-4-32-21-8-6-5-7-20(21)28-24(32)19(14-26)23-16(2)15-27-25(30-23)29-22(34)13-18-9-11-31(12-10-18)17(3)33/h5-8,15,18,28H,4,9-13H2,1-3H3,(H,27,29,30,34). The van der Waals surface area contributed by atoms with Crippen molar-refractivity contribution in [1.82, 2.24) is 14.9 Å². The van der Waals surface area contributed by atoms with Crippen LogP contribution in [0.1, 0.15) is 44.4 Å². The largest absolute Gasteiger partial charge is 0.343 e. The van der Waals surface area contributed by atoms with Crippen LogP contribution in [0.5, 0.6) is 0 Å². The van der Waals surface area contributed by atoms with Gasteiger partial charge >= 0.3 is 0 Å². The van der Waals surface area contributed by atoms with Crippen LogP contribution >= 0.6 is 0 Å². The number of aromatic nitrogens is 2. The van der Waals surface area contributed by atoms with Gasteiger partial charge < -0.3 is 15.1 Å². The van der Waals surface area contributed by atoms with Gasteiger partial charge in [-0.15, -0.1) is 0 Å². The number of anilines is 3. The van der Waals surface area contributed by atoms with Gasteiger partial charge in [0.05, 0.1) is 17.1 Å². The van der Waals surface area contributed by atoms with E-state index in [0.29, 0.717) is 43.1 Å². The van der Waals surface area contributed by atoms with Crippen LogP contribution < -0.4 is 15.5 Å². The molecule has 1 fully saturated rings. The molecular weight excluding hydrogens is 430 g/mol. The smallest absolute Gasteiger partial charge is 0.229 e. The van der Waals surface area contributed by atoms with Crippen LogP contribution in [0.3, 0.4) is 0 Å². The van der Waals surface area contributed by atoms with Crippen LogP contribution in [-0.4, -0.2) is 46.3 Å². The molecule has 34 heavy (non-hydrogen) atoms. The van der Waals surface area contributed by atoms with Crippen molar-refractivity contribution in [1.29, 1.82) is 5.26 Å². The summed E-state index contributed by atoms with van der Waals surface area (Å²) >= 11 is 0. The molecule has 9 nitrogen and oxygen atoms in total. The summed E-state index contributed by atoms with van der Waals surface area (Å²) in [7, 11) is 0. The summed E-state index contributed by atoms with van der Waals surface area (Å²) in [5, 5.41) is 16.2. The number of amides is 2. The number of hydrogen-bond donors (Lipinski definition) is 2. The van der Waals surface area contributed by atoms with Crippen molar-refractivity contribution in [2.75, 3.05) is 35.2 Å². The Balaban J connectivity index is 1.52. The maximum atomic E-state index is 12.7. The second-order valence-electron chi connectivity index (χ2n) is 8.65. The zero-order valence-corrected chi connectivity index (χ0v) is 19.8. The van der Waals surface area contributed by atoms with Crippen LogP contribution in [0.2, 0.25) is 0 Å². The van der Waals surface area contributed by atoms with Crippen molar-refractivity contribution >= 4 is 34.7 Å². The lowest BCUT2D eigenvalue weighted by molar-refractivity contribution is -0.130. The Hall–Kier alpha value is -3.93. The van der Waals surface area contributed by atoms with Gasteiger partial charge in [-0.1, -0.05) is 12.1 Å². The Labute approximate surface area is 199 Å². The molecule has 176 valence electrons. The highest BCUT2D eigenvalue weighted by atomic mass is 16.2. The number of carbonyl (C=O) groups excluding carboxylic acids is 2. The molecule has 2 amide bonds. The van der Waals surface area contributed by atoms with E-state index >= 15 is 0 Å². The Morgan fingerprint density at radius 2 is 2.00 bits per heavy atom. The highest BCUT2D eigenvalue weighted by molar-refractivity contribution is 5.92. The monoisotopic (exact) mass is 459 g/mol. The number of nitrogens with zero attached hydrogens (tertiary/aromatic N) is 5. The van der Waals surface area contributed by atoms with E-state index in [-0.39, 0.29) is 23.7 Å². The first-order valence-corrected chi connectivity index (χ1v) is 11.6. The second kappa shape index (κ2) is 9.91. The Bertz CT molecular complexity index is 1180. The minimum absolute atomic E-state index is 0.0763. The third-order valence-electron chi connectivity index (χ3n) is 6.38. The van der Waals surface area contributed by atoms with Crippen molar-refractivity contribution in [3.63, 3.8) is 0 Å². The number of aryl methyl sites for hydroxylation is 1. The quantitative estimate of drug-likeness (QED) is 0.658. The molecule has 2 aliphatic heterocycles. The van der Waals surface area contributed by atoms with Crippen molar-refractivity contribution in [2.45, 2.75) is 40.0 Å². The van der Waals surface area contributed by atoms with Crippen LogP contribution in [-0.2, 0) is 9.59 Å². The summed E-state index contributed by atoms with van der Waals surface area (Å²) in [5.41, 5.74) is 3.56. The molecule has 0 unspecified atom stereocenters. The van der Waals surface area contributed by atoms with Gasteiger partial charge in [0, 0.05) is 39.2 Å². The molecule has 0 bridgehead atoms. The fraction of sp³-hybridized carbons (Fsp3) is 0.400. The highest BCUT2D eigenvalue weighted by Gasteiger charge is 2.28. The predicted octanol–water partition coefficient (Wildman–Crippen LogP) is 3.52. The molecule has 0 radical (unpaired) electrons. The van der Waals surface area contributed by atoms with E-state index in [1.54, 1.807) is 13.1 Å². The average molecular weight is 460 g/mol. The summed E-state index contributed by atoms with van der Waals surface area (Å²) in [6.45, 7) is 7.49. The van der Waals surface area contributed by atoms with Crippen molar-refractivity contribution in [2.24, 2.45) is 5.92 Å². The van der Waals surface area contributed by atoms with E-state index in [1.165, 1.54) is 0 Å². The molecule has 0 spiro atoms. The predicted molar refractivity (Wildman–Crippen MR) is 131 cm³/mol. The number of hydrogen-bond acceptors (Lipinski definition) is 7. The second-order valence-corrected chi connectivity index (χ2v) is 8.65. The van der Waals surface area contributed by atoms with E-state index in [1.807, 2.05) is 47.9 Å². The summed E-state index contributed by atoms with van der Waals surface area (Å²) in [6, 6.07) is 10.2. The number of benzene rings is 1. The molecular formula is C25H29N7O2. The first-order valence-electron chi connectivity index (χ1n) is 11.6. The Kier molecular flexibility index (Phi) is 6.77. The lowest BCUT2D eigenvalue weighted by Gasteiger charge is -2.30. The van der Waals surface area contributed by atoms with E-state index in [4.69, 9.17) is 0 Å². The number of nitrogens with one attached hydrogen (secondary N) is 2. The van der Waals surface area contributed by atoms with E-state index in [9.17, 15) is 14.9 Å². The molecule has 1 aromatic carbocycles. The summed E-state index contributed by atoms with van der Waals surface area (Å²) in [5.74, 6) is 0.981. The molecule has 4 rings (SSSR count). The van der Waals surface area contributed by atoms with Crippen molar-refractivity contribution in [3.05, 3.63) is 47.5 Å².